The van der Waals surface area contributed by atoms with E-state index in [0.29, 0.717) is 0 Å². The maximum Gasteiger partial charge on any atom is -0.00174 e. The molecule has 2 rings (SSSR count). The van der Waals surface area contributed by atoms with Crippen molar-refractivity contribution in [3.05, 3.63) is 0 Å². The number of fused-ring (bicyclic) bond motifs is 1. The van der Waals surface area contributed by atoms with Gasteiger partial charge in [-0.1, -0.05) is 0 Å². The van der Waals surface area contributed by atoms with Crippen molar-refractivity contribution < 1.29 is 0 Å². The molecule has 0 aliphatic carbocycles. The maximum absolute atomic E-state index is 3.57. The smallest absolute Gasteiger partial charge is 0.00174 e. The first kappa shape index (κ1) is 9.47. The van der Waals surface area contributed by atoms with Crippen LogP contribution in [0.3, 0.4) is 0 Å². The minimum atomic E-state index is 0.965. The van der Waals surface area contributed by atoms with Gasteiger partial charge in [0.2, 0.25) is 0 Å². The van der Waals surface area contributed by atoms with E-state index in [1.54, 1.807) is 0 Å². The molecule has 2 fully saturated rings. The summed E-state index contributed by atoms with van der Waals surface area (Å²) in [4.78, 5) is 2.49. The van der Waals surface area contributed by atoms with E-state index in [9.17, 15) is 0 Å². The fourth-order valence-electron chi connectivity index (χ4n) is 2.78. The molecule has 0 bridgehead atoms. The molecular weight excluding hydrogens is 160 g/mol. The fraction of sp³-hybridized carbons (Fsp3) is 1.00. The zero-order valence-corrected chi connectivity index (χ0v) is 8.76. The second kappa shape index (κ2) is 4.43. The van der Waals surface area contributed by atoms with Crippen LogP contribution in [0.25, 0.3) is 0 Å². The molecule has 2 saturated heterocycles. The van der Waals surface area contributed by atoms with Crippen LogP contribution in [0.15, 0.2) is 0 Å². The van der Waals surface area contributed by atoms with Crippen LogP contribution >= 0.6 is 0 Å². The highest BCUT2D eigenvalue weighted by atomic mass is 15.1. The predicted molar refractivity (Wildman–Crippen MR) is 55.8 cm³/mol. The molecule has 0 aromatic carbocycles. The number of nitrogens with zero attached hydrogens (tertiary/aromatic N) is 1. The summed E-state index contributed by atoms with van der Waals surface area (Å²) >= 11 is 0. The molecule has 2 heterocycles. The Hall–Kier alpha value is -0.0800. The van der Waals surface area contributed by atoms with Crippen molar-refractivity contribution in [1.29, 1.82) is 0 Å². The normalized spacial score (nSPS) is 37.6. The molecule has 0 aromatic rings. The summed E-state index contributed by atoms with van der Waals surface area (Å²) in [7, 11) is 2.26. The third kappa shape index (κ3) is 2.44. The van der Waals surface area contributed by atoms with Crippen LogP contribution in [-0.2, 0) is 0 Å². The van der Waals surface area contributed by atoms with Crippen LogP contribution < -0.4 is 5.32 Å². The van der Waals surface area contributed by atoms with Gasteiger partial charge in [-0.25, -0.2) is 0 Å². The van der Waals surface area contributed by atoms with Gasteiger partial charge >= 0.3 is 0 Å². The summed E-state index contributed by atoms with van der Waals surface area (Å²) in [6, 6.07) is 0. The highest BCUT2D eigenvalue weighted by molar-refractivity contribution is 4.80. The van der Waals surface area contributed by atoms with E-state index in [-0.39, 0.29) is 0 Å². The highest BCUT2D eigenvalue weighted by Gasteiger charge is 2.26. The Morgan fingerprint density at radius 2 is 1.85 bits per heavy atom. The van der Waals surface area contributed by atoms with Crippen LogP contribution in [0, 0.1) is 11.8 Å². The Kier molecular flexibility index (Phi) is 3.23. The first-order chi connectivity index (χ1) is 6.36. The lowest BCUT2D eigenvalue weighted by Crippen LogP contribution is -2.25. The molecule has 2 nitrogen and oxygen atoms in total. The van der Waals surface area contributed by atoms with Crippen LogP contribution in [-0.4, -0.2) is 38.1 Å². The fourth-order valence-corrected chi connectivity index (χ4v) is 2.78. The number of likely N-dealkylation sites (tertiary alicyclic amines) is 1. The summed E-state index contributed by atoms with van der Waals surface area (Å²) < 4.78 is 0. The van der Waals surface area contributed by atoms with Crippen LogP contribution in [0.1, 0.15) is 25.7 Å². The van der Waals surface area contributed by atoms with E-state index in [1.807, 2.05) is 0 Å². The van der Waals surface area contributed by atoms with Crippen molar-refractivity contribution in [3.8, 4) is 0 Å². The van der Waals surface area contributed by atoms with Gasteiger partial charge in [0.05, 0.1) is 0 Å². The van der Waals surface area contributed by atoms with Gasteiger partial charge in [0.25, 0.3) is 0 Å². The SMILES string of the molecule is CN1CCC2CCCNCC2CC1. The van der Waals surface area contributed by atoms with Crippen LogP contribution in [0.4, 0.5) is 0 Å². The van der Waals surface area contributed by atoms with Crippen molar-refractivity contribution in [2.45, 2.75) is 25.7 Å². The molecule has 0 spiro atoms. The standard InChI is InChI=1S/C11H22N2/c1-13-7-4-10-3-2-6-12-9-11(10)5-8-13/h10-12H,2-9H2,1H3. The van der Waals surface area contributed by atoms with Gasteiger partial charge in [0.15, 0.2) is 0 Å². The molecule has 0 amide bonds. The Balaban J connectivity index is 1.95. The molecule has 2 atom stereocenters. The van der Waals surface area contributed by atoms with E-state index < -0.39 is 0 Å². The predicted octanol–water partition coefficient (Wildman–Crippen LogP) is 1.33. The van der Waals surface area contributed by atoms with Crippen LogP contribution in [0.5, 0.6) is 0 Å². The van der Waals surface area contributed by atoms with E-state index in [0.717, 1.165) is 11.8 Å². The number of hydrogen-bond acceptors (Lipinski definition) is 2. The molecule has 2 aliphatic heterocycles. The minimum absolute atomic E-state index is 0.965. The van der Waals surface area contributed by atoms with Gasteiger partial charge < -0.3 is 10.2 Å². The van der Waals surface area contributed by atoms with Gasteiger partial charge in [0, 0.05) is 0 Å². The Bertz CT molecular complexity index is 142. The molecule has 0 aromatic heterocycles. The largest absolute Gasteiger partial charge is 0.316 e. The van der Waals surface area contributed by atoms with Crippen molar-refractivity contribution in [2.24, 2.45) is 11.8 Å². The molecule has 0 saturated carbocycles. The van der Waals surface area contributed by atoms with Gasteiger partial charge in [-0.15, -0.1) is 0 Å². The monoisotopic (exact) mass is 182 g/mol. The van der Waals surface area contributed by atoms with E-state index >= 15 is 0 Å². The Morgan fingerprint density at radius 1 is 1.08 bits per heavy atom. The molecular formula is C11H22N2. The third-order valence-electron chi connectivity index (χ3n) is 3.76. The summed E-state index contributed by atoms with van der Waals surface area (Å²) in [5.41, 5.74) is 0. The Labute approximate surface area is 81.7 Å². The maximum atomic E-state index is 3.57. The van der Waals surface area contributed by atoms with Gasteiger partial charge in [0.1, 0.15) is 0 Å². The molecule has 1 N–H and O–H groups in total. The second-order valence-corrected chi connectivity index (χ2v) is 4.75. The minimum Gasteiger partial charge on any atom is -0.316 e. The highest BCUT2D eigenvalue weighted by Crippen LogP contribution is 2.28. The first-order valence-electron chi connectivity index (χ1n) is 5.75. The van der Waals surface area contributed by atoms with E-state index in [1.165, 1.54) is 51.9 Å². The van der Waals surface area contributed by atoms with E-state index in [2.05, 4.69) is 17.3 Å². The summed E-state index contributed by atoms with van der Waals surface area (Å²) in [6.07, 6.45) is 5.70. The Morgan fingerprint density at radius 3 is 2.69 bits per heavy atom. The van der Waals surface area contributed by atoms with E-state index in [4.69, 9.17) is 0 Å². The van der Waals surface area contributed by atoms with Gasteiger partial charge in [-0.3, -0.25) is 0 Å². The zero-order chi connectivity index (χ0) is 9.10. The van der Waals surface area contributed by atoms with Crippen molar-refractivity contribution in [2.75, 3.05) is 33.2 Å². The number of nitrogens with one attached hydrogen (secondary N) is 1. The second-order valence-electron chi connectivity index (χ2n) is 4.75. The van der Waals surface area contributed by atoms with Crippen molar-refractivity contribution in [3.63, 3.8) is 0 Å². The first-order valence-corrected chi connectivity index (χ1v) is 5.75. The molecule has 2 heteroatoms. The quantitative estimate of drug-likeness (QED) is 0.608. The lowest BCUT2D eigenvalue weighted by Gasteiger charge is -2.21. The average molecular weight is 182 g/mol. The molecule has 0 radical (unpaired) electrons. The zero-order valence-electron chi connectivity index (χ0n) is 8.76. The topological polar surface area (TPSA) is 15.3 Å². The number of hydrogen-bond donors (Lipinski definition) is 1. The van der Waals surface area contributed by atoms with Gasteiger partial charge in [-0.05, 0) is 70.7 Å². The van der Waals surface area contributed by atoms with Gasteiger partial charge in [-0.2, -0.15) is 0 Å². The summed E-state index contributed by atoms with van der Waals surface area (Å²) in [5.74, 6) is 1.98. The molecule has 76 valence electrons. The van der Waals surface area contributed by atoms with Crippen molar-refractivity contribution in [1.82, 2.24) is 10.2 Å². The average Bonchev–Trinajstić information content (AvgIpc) is 2.43. The molecule has 2 unspecified atom stereocenters. The summed E-state index contributed by atoms with van der Waals surface area (Å²) in [5, 5.41) is 3.57. The third-order valence-corrected chi connectivity index (χ3v) is 3.76. The molecule has 2 aliphatic rings. The number of rotatable bonds is 0. The lowest BCUT2D eigenvalue weighted by molar-refractivity contribution is 0.318. The lowest BCUT2D eigenvalue weighted by atomic mass is 9.86. The van der Waals surface area contributed by atoms with Crippen LogP contribution in [0.2, 0.25) is 0 Å². The van der Waals surface area contributed by atoms with Crippen molar-refractivity contribution >= 4 is 0 Å². The summed E-state index contributed by atoms with van der Waals surface area (Å²) in [6.45, 7) is 5.16. The molecule has 13 heavy (non-hydrogen) atoms.